The maximum atomic E-state index is 4.54. The van der Waals surface area contributed by atoms with Crippen LogP contribution in [0.15, 0.2) is 24.3 Å². The number of aromatic amines is 1. The summed E-state index contributed by atoms with van der Waals surface area (Å²) < 4.78 is 0. The molecule has 1 heterocycles. The van der Waals surface area contributed by atoms with E-state index in [0.29, 0.717) is 10.8 Å². The van der Waals surface area contributed by atoms with E-state index in [9.17, 15) is 0 Å². The van der Waals surface area contributed by atoms with Gasteiger partial charge in [-0.05, 0) is 42.6 Å². The fraction of sp³-hybridized carbons (Fsp3) is 0.588. The molecule has 3 unspecified atom stereocenters. The molecule has 1 N–H and O–H groups in total. The minimum Gasteiger partial charge on any atom is -0.281 e. The summed E-state index contributed by atoms with van der Waals surface area (Å²) in [5.41, 5.74) is 3.23. The van der Waals surface area contributed by atoms with Gasteiger partial charge in [-0.2, -0.15) is 5.10 Å². The molecule has 2 nitrogen and oxygen atoms in total. The first-order valence-electron chi connectivity index (χ1n) is 7.51. The Hall–Kier alpha value is -1.31. The number of benzene rings is 1. The molecule has 1 aromatic carbocycles. The number of hydrogen-bond acceptors (Lipinski definition) is 1. The molecule has 3 fully saturated rings. The quantitative estimate of drug-likeness (QED) is 0.808. The highest BCUT2D eigenvalue weighted by Gasteiger charge is 2.66. The summed E-state index contributed by atoms with van der Waals surface area (Å²) in [6.45, 7) is 7.37. The van der Waals surface area contributed by atoms with E-state index >= 15 is 0 Å². The highest BCUT2D eigenvalue weighted by Crippen LogP contribution is 2.70. The maximum Gasteiger partial charge on any atom is 0.0923 e. The molecule has 3 aliphatic rings. The molecule has 1 aromatic heterocycles. The van der Waals surface area contributed by atoms with Crippen molar-refractivity contribution < 1.29 is 0 Å². The predicted molar refractivity (Wildman–Crippen MR) is 78.1 cm³/mol. The summed E-state index contributed by atoms with van der Waals surface area (Å²) in [4.78, 5) is 0. The van der Waals surface area contributed by atoms with Gasteiger partial charge in [0.1, 0.15) is 0 Å². The molecule has 0 amide bonds. The normalized spacial score (nSPS) is 36.2. The third-order valence-electron chi connectivity index (χ3n) is 6.44. The molecule has 0 radical (unpaired) electrons. The number of nitrogens with one attached hydrogen (secondary N) is 1. The van der Waals surface area contributed by atoms with Gasteiger partial charge in [0.05, 0.1) is 11.2 Å². The van der Waals surface area contributed by atoms with Crippen LogP contribution >= 0.6 is 0 Å². The van der Waals surface area contributed by atoms with Gasteiger partial charge in [0, 0.05) is 10.8 Å². The molecule has 3 aliphatic carbocycles. The second-order valence-electron chi connectivity index (χ2n) is 7.19. The lowest BCUT2D eigenvalue weighted by atomic mass is 9.36. The van der Waals surface area contributed by atoms with Crippen LogP contribution < -0.4 is 0 Å². The van der Waals surface area contributed by atoms with Crippen molar-refractivity contribution in [3.05, 3.63) is 30.0 Å². The van der Waals surface area contributed by atoms with Crippen LogP contribution in [0.4, 0.5) is 0 Å². The largest absolute Gasteiger partial charge is 0.281 e. The summed E-state index contributed by atoms with van der Waals surface area (Å²) in [7, 11) is 0. The van der Waals surface area contributed by atoms with Gasteiger partial charge in [-0.15, -0.1) is 0 Å². The minimum atomic E-state index is 0.312. The number of para-hydroxylation sites is 1. The second kappa shape index (κ2) is 3.41. The van der Waals surface area contributed by atoms with E-state index in [4.69, 9.17) is 0 Å². The Morgan fingerprint density at radius 1 is 1.21 bits per heavy atom. The summed E-state index contributed by atoms with van der Waals surface area (Å²) in [6, 6.07) is 8.55. The molecule has 3 atom stereocenters. The zero-order valence-electron chi connectivity index (χ0n) is 12.0. The zero-order valence-corrected chi connectivity index (χ0v) is 12.0. The predicted octanol–water partition coefficient (Wildman–Crippen LogP) is 4.28. The number of fused-ring (bicyclic) bond motifs is 3. The van der Waals surface area contributed by atoms with Crippen molar-refractivity contribution in [3.8, 4) is 0 Å². The molecule has 3 saturated carbocycles. The van der Waals surface area contributed by atoms with E-state index in [1.807, 2.05) is 0 Å². The molecule has 0 spiro atoms. The van der Waals surface area contributed by atoms with Crippen molar-refractivity contribution in [2.75, 3.05) is 0 Å². The molecule has 5 rings (SSSR count). The first-order chi connectivity index (χ1) is 9.07. The minimum absolute atomic E-state index is 0.312. The van der Waals surface area contributed by atoms with Crippen molar-refractivity contribution in [1.29, 1.82) is 0 Å². The van der Waals surface area contributed by atoms with Gasteiger partial charge in [-0.1, -0.05) is 39.0 Å². The Labute approximate surface area is 114 Å². The highest BCUT2D eigenvalue weighted by molar-refractivity contribution is 5.82. The molecule has 0 aliphatic heterocycles. The number of hydrogen-bond donors (Lipinski definition) is 1. The number of nitrogens with zero attached hydrogens (tertiary/aromatic N) is 1. The van der Waals surface area contributed by atoms with Crippen LogP contribution in [-0.4, -0.2) is 10.2 Å². The van der Waals surface area contributed by atoms with Crippen LogP contribution in [0, 0.1) is 17.3 Å². The topological polar surface area (TPSA) is 28.7 Å². The fourth-order valence-corrected chi connectivity index (χ4v) is 5.11. The van der Waals surface area contributed by atoms with E-state index in [1.165, 1.54) is 30.3 Å². The van der Waals surface area contributed by atoms with Gasteiger partial charge in [0.25, 0.3) is 0 Å². The van der Waals surface area contributed by atoms with Crippen LogP contribution in [0.2, 0.25) is 0 Å². The van der Waals surface area contributed by atoms with E-state index in [1.54, 1.807) is 0 Å². The molecular formula is C17H22N2. The zero-order chi connectivity index (χ0) is 13.3. The van der Waals surface area contributed by atoms with E-state index < -0.39 is 0 Å². The van der Waals surface area contributed by atoms with Gasteiger partial charge in [-0.25, -0.2) is 0 Å². The van der Waals surface area contributed by atoms with Crippen molar-refractivity contribution in [3.63, 3.8) is 0 Å². The van der Waals surface area contributed by atoms with Crippen LogP contribution in [0.1, 0.15) is 45.7 Å². The van der Waals surface area contributed by atoms with E-state index in [-0.39, 0.29) is 0 Å². The standard InChI is InChI=1S/C17H22N2/c1-11-8-9-12-10-17(11,16(12,2)3)15-13-6-4-5-7-14(13)18-19-15/h4-7,11-12H,8-10H2,1-3H3,(H,18,19). The highest BCUT2D eigenvalue weighted by atomic mass is 15.1. The third kappa shape index (κ3) is 1.16. The molecule has 19 heavy (non-hydrogen) atoms. The first-order valence-corrected chi connectivity index (χ1v) is 7.51. The molecular weight excluding hydrogens is 232 g/mol. The van der Waals surface area contributed by atoms with Crippen LogP contribution in [0.25, 0.3) is 10.9 Å². The van der Waals surface area contributed by atoms with Crippen molar-refractivity contribution in [1.82, 2.24) is 10.2 Å². The SMILES string of the molecule is CC1CCC2CC1(c1[nH]nc3ccccc13)C2(C)C. The van der Waals surface area contributed by atoms with E-state index in [0.717, 1.165) is 17.4 Å². The number of aromatic nitrogens is 2. The number of rotatable bonds is 1. The number of H-pyrrole nitrogens is 1. The summed E-state index contributed by atoms with van der Waals surface area (Å²) in [5.74, 6) is 1.64. The van der Waals surface area contributed by atoms with Crippen molar-refractivity contribution in [2.45, 2.75) is 45.4 Å². The first kappa shape index (κ1) is 11.5. The van der Waals surface area contributed by atoms with Crippen LogP contribution in [-0.2, 0) is 5.41 Å². The third-order valence-corrected chi connectivity index (χ3v) is 6.44. The Bertz CT molecular complexity index is 640. The monoisotopic (exact) mass is 254 g/mol. The Morgan fingerprint density at radius 3 is 2.74 bits per heavy atom. The summed E-state index contributed by atoms with van der Waals surface area (Å²) in [5, 5.41) is 9.27. The van der Waals surface area contributed by atoms with Gasteiger partial charge in [0.2, 0.25) is 0 Å². The lowest BCUT2D eigenvalue weighted by molar-refractivity contribution is -0.135. The average Bonchev–Trinajstić information content (AvgIpc) is 2.82. The Balaban J connectivity index is 1.95. The molecule has 0 saturated heterocycles. The lowest BCUT2D eigenvalue weighted by Crippen LogP contribution is -2.64. The van der Waals surface area contributed by atoms with Gasteiger partial charge < -0.3 is 0 Å². The lowest BCUT2D eigenvalue weighted by Gasteiger charge is -2.68. The van der Waals surface area contributed by atoms with Crippen molar-refractivity contribution >= 4 is 10.9 Å². The molecule has 100 valence electrons. The fourth-order valence-electron chi connectivity index (χ4n) is 5.11. The van der Waals surface area contributed by atoms with Gasteiger partial charge in [0.15, 0.2) is 0 Å². The molecule has 2 aromatic rings. The average molecular weight is 254 g/mol. The van der Waals surface area contributed by atoms with Gasteiger partial charge in [-0.3, -0.25) is 5.10 Å². The van der Waals surface area contributed by atoms with Crippen LogP contribution in [0.3, 0.4) is 0 Å². The maximum absolute atomic E-state index is 4.54. The summed E-state index contributed by atoms with van der Waals surface area (Å²) in [6.07, 6.45) is 4.11. The Morgan fingerprint density at radius 2 is 2.00 bits per heavy atom. The second-order valence-corrected chi connectivity index (χ2v) is 7.19. The van der Waals surface area contributed by atoms with Gasteiger partial charge >= 0.3 is 0 Å². The van der Waals surface area contributed by atoms with E-state index in [2.05, 4.69) is 55.2 Å². The van der Waals surface area contributed by atoms with Crippen LogP contribution in [0.5, 0.6) is 0 Å². The Kier molecular flexibility index (Phi) is 2.07. The molecule has 2 bridgehead atoms. The van der Waals surface area contributed by atoms with Crippen molar-refractivity contribution in [2.24, 2.45) is 17.3 Å². The smallest absolute Gasteiger partial charge is 0.0923 e. The summed E-state index contributed by atoms with van der Waals surface area (Å²) >= 11 is 0. The molecule has 2 heteroatoms.